The molecule has 8 nitrogen and oxygen atoms in total. The Hall–Kier alpha value is -1.51. The van der Waals surface area contributed by atoms with Crippen LogP contribution in [0.1, 0.15) is 0 Å². The van der Waals surface area contributed by atoms with Crippen LogP contribution in [0.15, 0.2) is 33.5 Å². The van der Waals surface area contributed by atoms with Gasteiger partial charge in [0.05, 0.1) is 33.6 Å². The number of rotatable bonds is 1. The van der Waals surface area contributed by atoms with Crippen LogP contribution in [0.3, 0.4) is 0 Å². The number of aromatic nitrogens is 6. The van der Waals surface area contributed by atoms with Crippen molar-refractivity contribution in [2.24, 2.45) is 0 Å². The van der Waals surface area contributed by atoms with Gasteiger partial charge in [-0.1, -0.05) is 11.6 Å². The summed E-state index contributed by atoms with van der Waals surface area (Å²) in [6.45, 7) is 3.04. The minimum atomic E-state index is 0.150. The lowest BCUT2D eigenvalue weighted by molar-refractivity contribution is 0.122. The van der Waals surface area contributed by atoms with E-state index in [1.54, 1.807) is 23.7 Å². The van der Waals surface area contributed by atoms with Crippen molar-refractivity contribution in [3.63, 3.8) is 0 Å². The molecule has 15 heteroatoms. The molecule has 0 atom stereocenters. The molecule has 7 heterocycles. The number of hydrogen-bond acceptors (Lipinski definition) is 10. The normalized spacial score (nSPS) is 14.0. The van der Waals surface area contributed by atoms with Crippen LogP contribution in [0.5, 0.6) is 0 Å². The maximum Gasteiger partial charge on any atom is 0.224 e. The smallest absolute Gasteiger partial charge is 0.224 e. The first-order chi connectivity index (χ1) is 17.9. The van der Waals surface area contributed by atoms with E-state index < -0.39 is 0 Å². The third kappa shape index (κ3) is 5.10. The minimum absolute atomic E-state index is 0.150. The van der Waals surface area contributed by atoms with Gasteiger partial charge in [0.2, 0.25) is 10.6 Å². The Bertz CT molecular complexity index is 1810. The third-order valence-electron chi connectivity index (χ3n) is 5.47. The number of nitrogens with zero attached hydrogens (tertiary/aromatic N) is 7. The van der Waals surface area contributed by atoms with Gasteiger partial charge in [0.25, 0.3) is 0 Å². The molecule has 1 aliphatic rings. The number of morpholine rings is 1. The van der Waals surface area contributed by atoms with E-state index in [1.165, 1.54) is 11.3 Å². The second-order valence-electron chi connectivity index (χ2n) is 7.77. The monoisotopic (exact) mass is 717 g/mol. The summed E-state index contributed by atoms with van der Waals surface area (Å²) in [5.74, 6) is 0.882. The summed E-state index contributed by atoms with van der Waals surface area (Å²) in [6.07, 6.45) is 3.53. The van der Waals surface area contributed by atoms with Crippen LogP contribution in [0.4, 0.5) is 5.82 Å². The van der Waals surface area contributed by atoms with Gasteiger partial charge in [0.1, 0.15) is 9.66 Å². The first-order valence-electron chi connectivity index (χ1n) is 10.7. The Kier molecular flexibility index (Phi) is 7.36. The van der Waals surface area contributed by atoms with Crippen molar-refractivity contribution in [3.8, 4) is 0 Å². The Morgan fingerprint density at radius 3 is 1.92 bits per heavy atom. The second-order valence-corrected chi connectivity index (χ2v) is 12.6. The van der Waals surface area contributed by atoms with Crippen molar-refractivity contribution in [2.75, 3.05) is 31.2 Å². The van der Waals surface area contributed by atoms with Gasteiger partial charge < -0.3 is 9.64 Å². The number of thiophene rings is 2. The zero-order chi connectivity index (χ0) is 25.7. The largest absolute Gasteiger partial charge is 0.378 e. The molecule has 0 radical (unpaired) electrons. The van der Waals surface area contributed by atoms with Crippen molar-refractivity contribution >= 4 is 136 Å². The fourth-order valence-corrected chi connectivity index (χ4v) is 7.25. The van der Waals surface area contributed by atoms with Gasteiger partial charge in [-0.15, -0.1) is 22.7 Å². The molecule has 6 aromatic heterocycles. The molecule has 7 rings (SSSR count). The summed E-state index contributed by atoms with van der Waals surface area (Å²) in [4.78, 5) is 29.7. The number of hydrogen-bond donors (Lipinski definition) is 0. The summed E-state index contributed by atoms with van der Waals surface area (Å²) in [6, 6.07) is 3.97. The highest BCUT2D eigenvalue weighted by atomic mass is 79.9. The van der Waals surface area contributed by atoms with Crippen LogP contribution in [-0.4, -0.2) is 56.2 Å². The van der Waals surface area contributed by atoms with Crippen molar-refractivity contribution in [3.05, 3.63) is 49.2 Å². The molecule has 1 aliphatic heterocycles. The Morgan fingerprint density at radius 2 is 1.30 bits per heavy atom. The quantitative estimate of drug-likeness (QED) is 0.126. The Balaban J connectivity index is 0.000000141. The maximum absolute atomic E-state index is 6.13. The van der Waals surface area contributed by atoms with Gasteiger partial charge in [0.15, 0.2) is 11.0 Å². The first-order valence-corrected chi connectivity index (χ1v) is 15.0. The molecule has 0 N–H and O–H groups in total. The van der Waals surface area contributed by atoms with Gasteiger partial charge in [-0.05, 0) is 67.2 Å². The van der Waals surface area contributed by atoms with Crippen LogP contribution >= 0.6 is 89.3 Å². The van der Waals surface area contributed by atoms with Gasteiger partial charge in [-0.2, -0.15) is 4.98 Å². The zero-order valence-corrected chi connectivity index (χ0v) is 25.5. The molecule has 6 aromatic rings. The van der Waals surface area contributed by atoms with Crippen LogP contribution in [0.25, 0.3) is 40.9 Å². The number of halogens is 5. The Morgan fingerprint density at radius 1 is 0.757 bits per heavy atom. The number of ether oxygens (including phenoxy) is 1. The van der Waals surface area contributed by atoms with E-state index in [9.17, 15) is 0 Å². The van der Waals surface area contributed by atoms with Gasteiger partial charge >= 0.3 is 0 Å². The topological polar surface area (TPSA) is 89.8 Å². The highest BCUT2D eigenvalue weighted by Gasteiger charge is 2.20. The van der Waals surface area contributed by atoms with Crippen molar-refractivity contribution in [2.45, 2.75) is 0 Å². The van der Waals surface area contributed by atoms with E-state index in [0.717, 1.165) is 68.7 Å². The maximum atomic E-state index is 6.13. The molecule has 0 aromatic carbocycles. The fraction of sp³-hybridized carbons (Fsp3) is 0.182. The average Bonchev–Trinajstić information content (AvgIpc) is 3.43. The van der Waals surface area contributed by atoms with Crippen LogP contribution in [-0.2, 0) is 4.74 Å². The van der Waals surface area contributed by atoms with Gasteiger partial charge in [-0.25, -0.2) is 24.9 Å². The molecule has 0 amide bonds. The zero-order valence-electron chi connectivity index (χ0n) is 18.4. The SMILES string of the molecule is Clc1nc(Cl)c2sc3ncc(Br)cc3c2n1.Clc1nc(N2CCOCC2)c2sc3ncc(Br)cc3c2n1. The molecular formula is C22H12Br2Cl3N7OS2. The minimum Gasteiger partial charge on any atom is -0.378 e. The standard InChI is InChI=1S/C13H10BrClN4OS.C9H2BrCl2N3S/c14-7-5-8-9-10(21-12(8)16-6-7)11(18-13(15)17-9)19-1-3-20-4-2-19;10-3-1-4-5-6(16-8(4)13-2-3)7(11)15-9(12)14-5/h5-6H,1-4H2;1-2H. The molecule has 1 saturated heterocycles. The highest BCUT2D eigenvalue weighted by molar-refractivity contribution is 9.10. The molecule has 0 bridgehead atoms. The van der Waals surface area contributed by atoms with E-state index in [0.29, 0.717) is 18.4 Å². The van der Waals surface area contributed by atoms with Crippen molar-refractivity contribution in [1.29, 1.82) is 0 Å². The summed E-state index contributed by atoms with van der Waals surface area (Å²) < 4.78 is 9.07. The first kappa shape index (κ1) is 25.8. The molecule has 0 aliphatic carbocycles. The highest BCUT2D eigenvalue weighted by Crippen LogP contribution is 2.39. The molecule has 188 valence electrons. The van der Waals surface area contributed by atoms with Crippen molar-refractivity contribution in [1.82, 2.24) is 29.9 Å². The summed E-state index contributed by atoms with van der Waals surface area (Å²) in [5.41, 5.74) is 1.61. The lowest BCUT2D eigenvalue weighted by Gasteiger charge is -2.28. The van der Waals surface area contributed by atoms with Gasteiger partial charge in [-0.3, -0.25) is 0 Å². The van der Waals surface area contributed by atoms with E-state index in [-0.39, 0.29) is 10.6 Å². The second kappa shape index (κ2) is 10.6. The molecule has 0 saturated carbocycles. The van der Waals surface area contributed by atoms with E-state index in [2.05, 4.69) is 66.7 Å². The molecule has 1 fully saturated rings. The molecular weight excluding hydrogens is 709 g/mol. The van der Waals surface area contributed by atoms with Crippen LogP contribution in [0.2, 0.25) is 15.7 Å². The third-order valence-corrected chi connectivity index (χ3v) is 9.27. The van der Waals surface area contributed by atoms with Crippen LogP contribution in [0, 0.1) is 0 Å². The predicted molar refractivity (Wildman–Crippen MR) is 159 cm³/mol. The van der Waals surface area contributed by atoms with Crippen LogP contribution < -0.4 is 4.90 Å². The number of pyridine rings is 2. The van der Waals surface area contributed by atoms with Crippen molar-refractivity contribution < 1.29 is 4.74 Å². The van der Waals surface area contributed by atoms with E-state index in [1.807, 2.05) is 12.1 Å². The summed E-state index contributed by atoms with van der Waals surface area (Å²) >= 11 is 27.8. The lowest BCUT2D eigenvalue weighted by Crippen LogP contribution is -2.36. The lowest BCUT2D eigenvalue weighted by atomic mass is 10.3. The number of fused-ring (bicyclic) bond motifs is 6. The van der Waals surface area contributed by atoms with Gasteiger partial charge in [0, 0.05) is 45.2 Å². The number of anilines is 1. The Labute approximate surface area is 249 Å². The fourth-order valence-electron chi connectivity index (χ4n) is 3.90. The molecule has 37 heavy (non-hydrogen) atoms. The molecule has 0 unspecified atom stereocenters. The van der Waals surface area contributed by atoms with E-state index in [4.69, 9.17) is 39.5 Å². The average molecular weight is 721 g/mol. The summed E-state index contributed by atoms with van der Waals surface area (Å²) in [7, 11) is 0. The summed E-state index contributed by atoms with van der Waals surface area (Å²) in [5, 5.41) is 2.72. The molecule has 0 spiro atoms. The van der Waals surface area contributed by atoms with E-state index >= 15 is 0 Å². The predicted octanol–water partition coefficient (Wildman–Crippen LogP) is 7.80.